The van der Waals surface area contributed by atoms with Crippen molar-refractivity contribution in [3.05, 3.63) is 84.4 Å². The van der Waals surface area contributed by atoms with E-state index in [0.29, 0.717) is 17.0 Å². The molecule has 39 heavy (non-hydrogen) atoms. The standard InChI is InChI=1S/C25H25F3N4O6S/c1-32(19-11-13-20(37-2)14-12-19)23(33)22(15-17-7-4-3-5-8-17)29-24(34)31-39(35,36)30-18-9-6-10-21(16-18)38-25(26,27)28/h3-14,16,22,30H,15H2,1-2H3,(H2,29,31,34)/t22-/m0/s1. The molecule has 10 nitrogen and oxygen atoms in total. The minimum absolute atomic E-state index is 0.0396. The lowest BCUT2D eigenvalue weighted by atomic mass is 10.0. The number of amides is 3. The van der Waals surface area contributed by atoms with Gasteiger partial charge in [-0.25, -0.2) is 9.52 Å². The summed E-state index contributed by atoms with van der Waals surface area (Å²) in [6.45, 7) is 0. The molecule has 3 amide bonds. The highest BCUT2D eigenvalue weighted by Gasteiger charge is 2.31. The van der Waals surface area contributed by atoms with Gasteiger partial charge in [0, 0.05) is 25.2 Å². The van der Waals surface area contributed by atoms with E-state index < -0.39 is 40.3 Å². The second kappa shape index (κ2) is 12.4. The van der Waals surface area contributed by atoms with Gasteiger partial charge in [-0.05, 0) is 42.0 Å². The smallest absolute Gasteiger partial charge is 0.497 e. The molecule has 0 saturated heterocycles. The Morgan fingerprint density at radius 1 is 0.949 bits per heavy atom. The molecule has 3 rings (SSSR count). The second-order valence-electron chi connectivity index (χ2n) is 8.09. The van der Waals surface area contributed by atoms with Gasteiger partial charge in [0.1, 0.15) is 17.5 Å². The van der Waals surface area contributed by atoms with E-state index >= 15 is 0 Å². The number of likely N-dealkylation sites (N-methyl/N-ethyl adjacent to an activating group) is 1. The molecule has 3 aromatic carbocycles. The molecular weight excluding hydrogens is 541 g/mol. The molecule has 14 heteroatoms. The summed E-state index contributed by atoms with van der Waals surface area (Å²) in [6, 6.07) is 17.0. The van der Waals surface area contributed by atoms with Crippen LogP contribution in [0.5, 0.6) is 11.5 Å². The van der Waals surface area contributed by atoms with E-state index in [1.54, 1.807) is 59.3 Å². The van der Waals surface area contributed by atoms with Gasteiger partial charge < -0.3 is 19.7 Å². The van der Waals surface area contributed by atoms with Gasteiger partial charge in [-0.15, -0.1) is 13.2 Å². The predicted molar refractivity (Wildman–Crippen MR) is 138 cm³/mol. The van der Waals surface area contributed by atoms with Crippen molar-refractivity contribution in [3.8, 4) is 11.5 Å². The monoisotopic (exact) mass is 566 g/mol. The molecule has 208 valence electrons. The van der Waals surface area contributed by atoms with E-state index in [0.717, 1.165) is 24.3 Å². The van der Waals surface area contributed by atoms with Crippen molar-refractivity contribution in [2.24, 2.45) is 0 Å². The Hall–Kier alpha value is -4.46. The highest BCUT2D eigenvalue weighted by Crippen LogP contribution is 2.25. The number of methoxy groups -OCH3 is 1. The fraction of sp³-hybridized carbons (Fsp3) is 0.200. The molecule has 0 aliphatic carbocycles. The van der Waals surface area contributed by atoms with E-state index in [1.807, 2.05) is 4.72 Å². The first-order chi connectivity index (χ1) is 18.3. The number of alkyl halides is 3. The summed E-state index contributed by atoms with van der Waals surface area (Å²) in [7, 11) is -1.61. The highest BCUT2D eigenvalue weighted by molar-refractivity contribution is 7.91. The number of ether oxygens (including phenoxy) is 2. The number of hydrogen-bond acceptors (Lipinski definition) is 6. The normalized spacial score (nSPS) is 12.1. The number of halogens is 3. The van der Waals surface area contributed by atoms with Gasteiger partial charge in [0.15, 0.2) is 0 Å². The molecule has 0 unspecified atom stereocenters. The first-order valence-electron chi connectivity index (χ1n) is 11.3. The van der Waals surface area contributed by atoms with Gasteiger partial charge in [-0.1, -0.05) is 36.4 Å². The third-order valence-electron chi connectivity index (χ3n) is 5.22. The van der Waals surface area contributed by atoms with Gasteiger partial charge >= 0.3 is 22.6 Å². The van der Waals surface area contributed by atoms with Crippen LogP contribution < -0.4 is 29.1 Å². The molecule has 0 aliphatic rings. The molecule has 0 fully saturated rings. The first kappa shape index (κ1) is 29.1. The number of anilines is 2. The maximum absolute atomic E-state index is 13.3. The number of carbonyl (C=O) groups is 2. The average molecular weight is 567 g/mol. The summed E-state index contributed by atoms with van der Waals surface area (Å²) in [5.41, 5.74) is 0.895. The number of benzene rings is 3. The maximum Gasteiger partial charge on any atom is 0.573 e. The van der Waals surface area contributed by atoms with E-state index in [4.69, 9.17) is 4.74 Å². The number of rotatable bonds is 10. The van der Waals surface area contributed by atoms with Crippen LogP contribution in [0.3, 0.4) is 0 Å². The Morgan fingerprint density at radius 3 is 2.23 bits per heavy atom. The lowest BCUT2D eigenvalue weighted by Crippen LogP contribution is -2.53. The van der Waals surface area contributed by atoms with Crippen molar-refractivity contribution in [1.82, 2.24) is 10.0 Å². The van der Waals surface area contributed by atoms with E-state index in [9.17, 15) is 31.2 Å². The number of urea groups is 1. The molecule has 3 aromatic rings. The van der Waals surface area contributed by atoms with E-state index in [1.165, 1.54) is 19.1 Å². The molecule has 1 atom stereocenters. The van der Waals surface area contributed by atoms with Crippen LogP contribution in [-0.4, -0.2) is 46.9 Å². The van der Waals surface area contributed by atoms with Crippen molar-refractivity contribution < 1.29 is 40.7 Å². The summed E-state index contributed by atoms with van der Waals surface area (Å²) in [4.78, 5) is 27.3. The Balaban J connectivity index is 1.73. The zero-order valence-corrected chi connectivity index (χ0v) is 21.5. The van der Waals surface area contributed by atoms with Crippen molar-refractivity contribution in [2.45, 2.75) is 18.8 Å². The third kappa shape index (κ3) is 9.10. The van der Waals surface area contributed by atoms with Crippen LogP contribution in [-0.2, 0) is 21.4 Å². The molecule has 0 bridgehead atoms. The Morgan fingerprint density at radius 2 is 1.62 bits per heavy atom. The van der Waals surface area contributed by atoms with Crippen LogP contribution >= 0.6 is 0 Å². The van der Waals surface area contributed by atoms with Crippen LogP contribution in [0.1, 0.15) is 5.56 Å². The van der Waals surface area contributed by atoms with Gasteiger partial charge in [0.2, 0.25) is 5.91 Å². The number of hydrogen-bond donors (Lipinski definition) is 3. The Labute approximate surface area is 222 Å². The predicted octanol–water partition coefficient (Wildman–Crippen LogP) is 3.82. The lowest BCUT2D eigenvalue weighted by molar-refractivity contribution is -0.274. The molecule has 0 radical (unpaired) electrons. The van der Waals surface area contributed by atoms with Crippen molar-refractivity contribution >= 4 is 33.5 Å². The Bertz CT molecular complexity index is 1390. The zero-order chi connectivity index (χ0) is 28.6. The average Bonchev–Trinajstić information content (AvgIpc) is 2.86. The van der Waals surface area contributed by atoms with Gasteiger partial charge in [-0.2, -0.15) is 8.42 Å². The quantitative estimate of drug-likeness (QED) is 0.343. The largest absolute Gasteiger partial charge is 0.573 e. The second-order valence-corrected chi connectivity index (χ2v) is 9.51. The maximum atomic E-state index is 13.3. The number of nitrogens with zero attached hydrogens (tertiary/aromatic N) is 1. The van der Waals surface area contributed by atoms with E-state index in [-0.39, 0.29) is 12.1 Å². The van der Waals surface area contributed by atoms with Gasteiger partial charge in [0.05, 0.1) is 12.8 Å². The molecule has 0 aliphatic heterocycles. The van der Waals surface area contributed by atoms with Gasteiger partial charge in [0.25, 0.3) is 0 Å². The summed E-state index contributed by atoms with van der Waals surface area (Å²) >= 11 is 0. The minimum Gasteiger partial charge on any atom is -0.497 e. The fourth-order valence-corrected chi connectivity index (χ4v) is 4.26. The molecule has 0 saturated carbocycles. The summed E-state index contributed by atoms with van der Waals surface area (Å²) in [5.74, 6) is -0.630. The fourth-order valence-electron chi connectivity index (χ4n) is 3.46. The summed E-state index contributed by atoms with van der Waals surface area (Å²) < 4.78 is 74.9. The summed E-state index contributed by atoms with van der Waals surface area (Å²) in [5, 5.41) is 2.36. The van der Waals surface area contributed by atoms with Gasteiger partial charge in [-0.3, -0.25) is 9.52 Å². The molecule has 0 aromatic heterocycles. The van der Waals surface area contributed by atoms with Crippen molar-refractivity contribution in [1.29, 1.82) is 0 Å². The number of nitrogens with one attached hydrogen (secondary N) is 3. The van der Waals surface area contributed by atoms with Crippen LogP contribution in [0.25, 0.3) is 0 Å². The topological polar surface area (TPSA) is 126 Å². The van der Waals surface area contributed by atoms with Crippen LogP contribution in [0.4, 0.5) is 29.3 Å². The van der Waals surface area contributed by atoms with Crippen LogP contribution in [0, 0.1) is 0 Å². The summed E-state index contributed by atoms with van der Waals surface area (Å²) in [6.07, 6.45) is -4.94. The molecule has 0 spiro atoms. The van der Waals surface area contributed by atoms with Crippen molar-refractivity contribution in [3.63, 3.8) is 0 Å². The zero-order valence-electron chi connectivity index (χ0n) is 20.7. The van der Waals surface area contributed by atoms with Crippen LogP contribution in [0.2, 0.25) is 0 Å². The molecule has 0 heterocycles. The first-order valence-corrected chi connectivity index (χ1v) is 12.8. The molecular formula is C25H25F3N4O6S. The van der Waals surface area contributed by atoms with Crippen molar-refractivity contribution in [2.75, 3.05) is 23.8 Å². The van der Waals surface area contributed by atoms with Crippen LogP contribution in [0.15, 0.2) is 78.9 Å². The molecule has 3 N–H and O–H groups in total. The lowest BCUT2D eigenvalue weighted by Gasteiger charge is -2.25. The SMILES string of the molecule is COc1ccc(N(C)C(=O)[C@H](Cc2ccccc2)NC(=O)NS(=O)(=O)Nc2cccc(OC(F)(F)F)c2)cc1. The van der Waals surface area contributed by atoms with E-state index in [2.05, 4.69) is 10.1 Å². The minimum atomic E-state index is -4.98. The third-order valence-corrected chi connectivity index (χ3v) is 6.18. The Kier molecular flexibility index (Phi) is 9.24. The highest BCUT2D eigenvalue weighted by atomic mass is 32.2. The number of carbonyl (C=O) groups excluding carboxylic acids is 2.